The summed E-state index contributed by atoms with van der Waals surface area (Å²) in [5.74, 6) is 0. The van der Waals surface area contributed by atoms with Crippen LogP contribution in [0.5, 0.6) is 0 Å². The lowest BCUT2D eigenvalue weighted by Gasteiger charge is -2.05. The Bertz CT molecular complexity index is 1310. The predicted molar refractivity (Wildman–Crippen MR) is 106 cm³/mol. The topological polar surface area (TPSA) is 58.6 Å². The molecule has 0 fully saturated rings. The standard InChI is InChI=1S/C21H13N3OS/c25-20-19-16(11-26-21(19)23-12-22-20)15-7-6-14-8-9-17(24-18(14)10-15)13-4-2-1-3-5-13/h1-12H,(H,22,23,25). The van der Waals surface area contributed by atoms with Crippen molar-refractivity contribution in [2.75, 3.05) is 0 Å². The van der Waals surface area contributed by atoms with E-state index in [0.717, 1.165) is 38.1 Å². The minimum atomic E-state index is -0.114. The quantitative estimate of drug-likeness (QED) is 0.492. The molecule has 5 rings (SSSR count). The van der Waals surface area contributed by atoms with E-state index in [2.05, 4.69) is 28.2 Å². The molecule has 0 radical (unpaired) electrons. The van der Waals surface area contributed by atoms with E-state index in [9.17, 15) is 4.79 Å². The summed E-state index contributed by atoms with van der Waals surface area (Å²) in [6.45, 7) is 0. The maximum Gasteiger partial charge on any atom is 0.260 e. The first-order valence-corrected chi connectivity index (χ1v) is 9.09. The van der Waals surface area contributed by atoms with Gasteiger partial charge in [0.1, 0.15) is 4.83 Å². The zero-order valence-corrected chi connectivity index (χ0v) is 14.5. The molecule has 26 heavy (non-hydrogen) atoms. The van der Waals surface area contributed by atoms with Crippen molar-refractivity contribution in [3.8, 4) is 22.4 Å². The molecule has 0 saturated heterocycles. The first-order valence-electron chi connectivity index (χ1n) is 8.21. The molecule has 124 valence electrons. The smallest absolute Gasteiger partial charge is 0.260 e. The highest BCUT2D eigenvalue weighted by molar-refractivity contribution is 7.17. The molecule has 2 aromatic carbocycles. The molecule has 0 aliphatic rings. The predicted octanol–water partition coefficient (Wildman–Crippen LogP) is 4.87. The highest BCUT2D eigenvalue weighted by atomic mass is 32.1. The molecule has 0 bridgehead atoms. The molecule has 0 atom stereocenters. The molecule has 3 heterocycles. The minimum Gasteiger partial charge on any atom is -0.313 e. The van der Waals surface area contributed by atoms with Gasteiger partial charge in [-0.3, -0.25) is 4.79 Å². The fourth-order valence-corrected chi connectivity index (χ4v) is 4.07. The van der Waals surface area contributed by atoms with Crippen LogP contribution in [0.15, 0.2) is 77.2 Å². The van der Waals surface area contributed by atoms with E-state index in [1.165, 1.54) is 17.7 Å². The van der Waals surface area contributed by atoms with Crippen molar-refractivity contribution in [3.05, 3.63) is 82.7 Å². The van der Waals surface area contributed by atoms with Gasteiger partial charge in [-0.05, 0) is 17.7 Å². The Kier molecular flexibility index (Phi) is 3.40. The van der Waals surface area contributed by atoms with Gasteiger partial charge >= 0.3 is 0 Å². The maximum atomic E-state index is 12.2. The number of aromatic amines is 1. The second-order valence-electron chi connectivity index (χ2n) is 6.03. The van der Waals surface area contributed by atoms with Crippen LogP contribution in [0, 0.1) is 0 Å². The zero-order chi connectivity index (χ0) is 17.5. The van der Waals surface area contributed by atoms with Crippen LogP contribution in [0.2, 0.25) is 0 Å². The van der Waals surface area contributed by atoms with Gasteiger partial charge in [0.15, 0.2) is 0 Å². The third-order valence-corrected chi connectivity index (χ3v) is 5.34. The monoisotopic (exact) mass is 355 g/mol. The van der Waals surface area contributed by atoms with Crippen molar-refractivity contribution in [3.63, 3.8) is 0 Å². The van der Waals surface area contributed by atoms with E-state index in [1.807, 2.05) is 47.8 Å². The van der Waals surface area contributed by atoms with E-state index in [4.69, 9.17) is 4.98 Å². The molecule has 0 unspecified atom stereocenters. The second-order valence-corrected chi connectivity index (χ2v) is 6.89. The van der Waals surface area contributed by atoms with E-state index < -0.39 is 0 Å². The van der Waals surface area contributed by atoms with Crippen LogP contribution in [0.3, 0.4) is 0 Å². The number of nitrogens with one attached hydrogen (secondary N) is 1. The van der Waals surface area contributed by atoms with Crippen molar-refractivity contribution < 1.29 is 0 Å². The Labute approximate surface area is 152 Å². The molecule has 0 spiro atoms. The van der Waals surface area contributed by atoms with Crippen LogP contribution in [-0.4, -0.2) is 15.0 Å². The number of hydrogen-bond donors (Lipinski definition) is 1. The number of fused-ring (bicyclic) bond motifs is 2. The summed E-state index contributed by atoms with van der Waals surface area (Å²) in [6, 6.07) is 20.3. The summed E-state index contributed by atoms with van der Waals surface area (Å²) in [5, 5.41) is 3.69. The molecule has 0 amide bonds. The first-order chi connectivity index (χ1) is 12.8. The zero-order valence-electron chi connectivity index (χ0n) is 13.6. The third-order valence-electron chi connectivity index (χ3n) is 4.45. The number of rotatable bonds is 2. The molecular formula is C21H13N3OS. The summed E-state index contributed by atoms with van der Waals surface area (Å²) >= 11 is 1.48. The maximum absolute atomic E-state index is 12.2. The number of aromatic nitrogens is 3. The fourth-order valence-electron chi connectivity index (χ4n) is 3.15. The summed E-state index contributed by atoms with van der Waals surface area (Å²) in [4.78, 5) is 24.7. The van der Waals surface area contributed by atoms with Crippen molar-refractivity contribution in [2.45, 2.75) is 0 Å². The van der Waals surface area contributed by atoms with Gasteiger partial charge in [0.2, 0.25) is 0 Å². The van der Waals surface area contributed by atoms with Crippen LogP contribution in [0.25, 0.3) is 43.5 Å². The van der Waals surface area contributed by atoms with Crippen LogP contribution in [-0.2, 0) is 0 Å². The van der Waals surface area contributed by atoms with Crippen molar-refractivity contribution in [1.82, 2.24) is 15.0 Å². The van der Waals surface area contributed by atoms with Gasteiger partial charge in [-0.25, -0.2) is 9.97 Å². The average Bonchev–Trinajstić information content (AvgIpc) is 3.13. The summed E-state index contributed by atoms with van der Waals surface area (Å²) in [5.41, 5.74) is 4.68. The van der Waals surface area contributed by atoms with Crippen LogP contribution in [0.4, 0.5) is 0 Å². The number of benzene rings is 2. The minimum absolute atomic E-state index is 0.114. The highest BCUT2D eigenvalue weighted by Gasteiger charge is 2.12. The van der Waals surface area contributed by atoms with Crippen molar-refractivity contribution in [1.29, 1.82) is 0 Å². The van der Waals surface area contributed by atoms with Gasteiger partial charge in [0.25, 0.3) is 5.56 Å². The van der Waals surface area contributed by atoms with E-state index in [1.54, 1.807) is 0 Å². The average molecular weight is 355 g/mol. The second kappa shape index (κ2) is 5.89. The lowest BCUT2D eigenvalue weighted by Crippen LogP contribution is -2.05. The molecule has 5 heteroatoms. The Morgan fingerprint density at radius 3 is 2.65 bits per heavy atom. The number of H-pyrrole nitrogens is 1. The Morgan fingerprint density at radius 2 is 1.77 bits per heavy atom. The molecule has 0 aliphatic carbocycles. The Morgan fingerprint density at radius 1 is 0.923 bits per heavy atom. The summed E-state index contributed by atoms with van der Waals surface area (Å²) < 4.78 is 0. The van der Waals surface area contributed by atoms with Gasteiger partial charge in [0.05, 0.1) is 22.9 Å². The van der Waals surface area contributed by atoms with Gasteiger partial charge in [-0.1, -0.05) is 48.5 Å². The molecule has 1 N–H and O–H groups in total. The summed E-state index contributed by atoms with van der Waals surface area (Å²) in [6.07, 6.45) is 1.44. The van der Waals surface area contributed by atoms with Gasteiger partial charge in [-0.15, -0.1) is 11.3 Å². The first kappa shape index (κ1) is 15.0. The Balaban J connectivity index is 1.70. The normalized spacial score (nSPS) is 11.2. The lowest BCUT2D eigenvalue weighted by atomic mass is 10.0. The SMILES string of the molecule is O=c1[nH]cnc2scc(-c3ccc4ccc(-c5ccccc5)nc4c3)c12. The van der Waals surface area contributed by atoms with Crippen molar-refractivity contribution in [2.24, 2.45) is 0 Å². The van der Waals surface area contributed by atoms with E-state index >= 15 is 0 Å². The lowest BCUT2D eigenvalue weighted by molar-refractivity contribution is 1.18. The van der Waals surface area contributed by atoms with Gasteiger partial charge in [0, 0.05) is 21.9 Å². The highest BCUT2D eigenvalue weighted by Crippen LogP contribution is 2.32. The van der Waals surface area contributed by atoms with E-state index in [-0.39, 0.29) is 5.56 Å². The number of nitrogens with zero attached hydrogens (tertiary/aromatic N) is 2. The number of hydrogen-bond acceptors (Lipinski definition) is 4. The van der Waals surface area contributed by atoms with E-state index in [0.29, 0.717) is 5.39 Å². The van der Waals surface area contributed by atoms with Gasteiger partial charge < -0.3 is 4.98 Å². The van der Waals surface area contributed by atoms with Crippen LogP contribution in [0.1, 0.15) is 0 Å². The molecule has 0 saturated carbocycles. The summed E-state index contributed by atoms with van der Waals surface area (Å²) in [7, 11) is 0. The Hall–Kier alpha value is -3.31. The molecule has 0 aliphatic heterocycles. The largest absolute Gasteiger partial charge is 0.313 e. The third kappa shape index (κ3) is 2.41. The molecule has 3 aromatic heterocycles. The van der Waals surface area contributed by atoms with Crippen molar-refractivity contribution >= 4 is 32.5 Å². The molecule has 4 nitrogen and oxygen atoms in total. The molecular weight excluding hydrogens is 342 g/mol. The van der Waals surface area contributed by atoms with Crippen LogP contribution < -0.4 is 5.56 Å². The number of pyridine rings is 1. The van der Waals surface area contributed by atoms with Gasteiger partial charge in [-0.2, -0.15) is 0 Å². The number of thiophene rings is 1. The molecule has 5 aromatic rings. The van der Waals surface area contributed by atoms with Crippen LogP contribution >= 0.6 is 11.3 Å². The fraction of sp³-hybridized carbons (Fsp3) is 0.